The summed E-state index contributed by atoms with van der Waals surface area (Å²) in [6, 6.07) is 1.58. The number of nitrogens with zero attached hydrogens (tertiary/aromatic N) is 2. The second-order valence-corrected chi connectivity index (χ2v) is 6.09. The fourth-order valence-corrected chi connectivity index (χ4v) is 3.05. The largest absolute Gasteiger partial charge is 0.399 e. The normalized spacial score (nSPS) is 11.6. The molecule has 0 saturated heterocycles. The highest BCUT2D eigenvalue weighted by molar-refractivity contribution is 7.92. The van der Waals surface area contributed by atoms with Gasteiger partial charge in [-0.05, 0) is 18.6 Å². The van der Waals surface area contributed by atoms with E-state index in [-0.39, 0.29) is 11.4 Å². The zero-order valence-electron chi connectivity index (χ0n) is 11.4. The first-order valence-electron chi connectivity index (χ1n) is 6.04. The van der Waals surface area contributed by atoms with Crippen molar-refractivity contribution in [3.05, 3.63) is 35.7 Å². The molecule has 0 aliphatic rings. The van der Waals surface area contributed by atoms with E-state index >= 15 is 0 Å². The maximum atomic E-state index is 13.7. The number of nitrogens with one attached hydrogen (secondary N) is 1. The van der Waals surface area contributed by atoms with Crippen molar-refractivity contribution in [2.75, 3.05) is 10.5 Å². The van der Waals surface area contributed by atoms with Crippen LogP contribution in [-0.4, -0.2) is 18.2 Å². The lowest BCUT2D eigenvalue weighted by atomic mass is 10.3. The minimum absolute atomic E-state index is 0.184. The molecule has 9 heteroatoms. The smallest absolute Gasteiger partial charge is 0.265 e. The number of hydrogen-bond donors (Lipinski definition) is 2. The molecule has 1 heterocycles. The third kappa shape index (κ3) is 2.97. The molecule has 0 spiro atoms. The highest BCUT2D eigenvalue weighted by atomic mass is 32.2. The molecular formula is C12H14F2N4O2S. The molecule has 3 N–H and O–H groups in total. The van der Waals surface area contributed by atoms with Crippen LogP contribution < -0.4 is 10.5 Å². The topological polar surface area (TPSA) is 90.0 Å². The van der Waals surface area contributed by atoms with Crippen LogP contribution >= 0.6 is 0 Å². The van der Waals surface area contributed by atoms with Gasteiger partial charge < -0.3 is 5.73 Å². The molecule has 1 aromatic heterocycles. The van der Waals surface area contributed by atoms with Crippen LogP contribution in [0.25, 0.3) is 0 Å². The van der Waals surface area contributed by atoms with Gasteiger partial charge in [-0.1, -0.05) is 6.92 Å². The molecule has 0 saturated carbocycles. The number of sulfonamides is 1. The predicted octanol–water partition coefficient (Wildman–Crippen LogP) is 1.64. The van der Waals surface area contributed by atoms with Gasteiger partial charge in [-0.25, -0.2) is 17.2 Å². The number of hydrogen-bond acceptors (Lipinski definition) is 4. The number of nitrogens with two attached hydrogens (primary N) is 1. The van der Waals surface area contributed by atoms with Gasteiger partial charge in [0, 0.05) is 18.9 Å². The second kappa shape index (κ2) is 5.32. The van der Waals surface area contributed by atoms with Gasteiger partial charge in [0.25, 0.3) is 10.0 Å². The van der Waals surface area contributed by atoms with Gasteiger partial charge in [0.1, 0.15) is 4.90 Å². The molecular weight excluding hydrogens is 302 g/mol. The molecule has 0 atom stereocenters. The Morgan fingerprint density at radius 2 is 2.05 bits per heavy atom. The molecule has 1 aromatic carbocycles. The molecule has 114 valence electrons. The quantitative estimate of drug-likeness (QED) is 0.839. The lowest BCUT2D eigenvalue weighted by Crippen LogP contribution is -2.16. The van der Waals surface area contributed by atoms with Gasteiger partial charge in [0.2, 0.25) is 0 Å². The predicted molar refractivity (Wildman–Crippen MR) is 74.2 cm³/mol. The van der Waals surface area contributed by atoms with E-state index in [2.05, 4.69) is 9.82 Å². The van der Waals surface area contributed by atoms with Crippen LogP contribution in [0.3, 0.4) is 0 Å². The summed E-state index contributed by atoms with van der Waals surface area (Å²) >= 11 is 0. The van der Waals surface area contributed by atoms with Crippen LogP contribution in [0, 0.1) is 11.6 Å². The Hall–Kier alpha value is -2.16. The number of halogens is 2. The summed E-state index contributed by atoms with van der Waals surface area (Å²) in [6.07, 6.45) is 1.92. The van der Waals surface area contributed by atoms with Crippen molar-refractivity contribution < 1.29 is 17.2 Å². The first kappa shape index (κ1) is 15.2. The van der Waals surface area contributed by atoms with E-state index in [1.165, 1.54) is 10.9 Å². The summed E-state index contributed by atoms with van der Waals surface area (Å²) in [5.41, 5.74) is 5.88. The molecule has 0 aliphatic carbocycles. The number of aromatic nitrogens is 2. The van der Waals surface area contributed by atoms with Gasteiger partial charge in [0.15, 0.2) is 11.6 Å². The van der Waals surface area contributed by atoms with Crippen LogP contribution in [0.5, 0.6) is 0 Å². The van der Waals surface area contributed by atoms with Gasteiger partial charge in [-0.15, -0.1) is 0 Å². The summed E-state index contributed by atoms with van der Waals surface area (Å²) in [5, 5.41) is 4.06. The van der Waals surface area contributed by atoms with Crippen molar-refractivity contribution in [1.29, 1.82) is 0 Å². The minimum atomic E-state index is -4.31. The molecule has 0 unspecified atom stereocenters. The highest BCUT2D eigenvalue weighted by Gasteiger charge is 2.24. The molecule has 0 bridgehead atoms. The van der Waals surface area contributed by atoms with Crippen molar-refractivity contribution in [3.8, 4) is 0 Å². The first-order chi connectivity index (χ1) is 9.74. The molecule has 0 radical (unpaired) electrons. The lowest BCUT2D eigenvalue weighted by Gasteiger charge is -2.09. The van der Waals surface area contributed by atoms with Gasteiger partial charge >= 0.3 is 0 Å². The Bertz CT molecular complexity index is 787. The van der Waals surface area contributed by atoms with Crippen LogP contribution in [0.2, 0.25) is 0 Å². The summed E-state index contributed by atoms with van der Waals surface area (Å²) < 4.78 is 55.0. The van der Waals surface area contributed by atoms with Crippen molar-refractivity contribution >= 4 is 21.4 Å². The van der Waals surface area contributed by atoms with Crippen molar-refractivity contribution in [1.82, 2.24) is 9.78 Å². The molecule has 2 aromatic rings. The number of benzene rings is 1. The third-order valence-corrected chi connectivity index (χ3v) is 4.16. The third-order valence-electron chi connectivity index (χ3n) is 2.79. The minimum Gasteiger partial charge on any atom is -0.399 e. The molecule has 6 nitrogen and oxygen atoms in total. The maximum Gasteiger partial charge on any atom is 0.265 e. The van der Waals surface area contributed by atoms with Crippen LogP contribution in [-0.2, 0) is 23.5 Å². The second-order valence-electron chi connectivity index (χ2n) is 4.44. The first-order valence-corrected chi connectivity index (χ1v) is 7.52. The van der Waals surface area contributed by atoms with E-state index in [0.29, 0.717) is 12.1 Å². The Labute approximate surface area is 120 Å². The number of nitrogen functional groups attached to an aromatic ring is 1. The molecule has 0 aliphatic heterocycles. The summed E-state index contributed by atoms with van der Waals surface area (Å²) in [5.74, 6) is -2.80. The Kier molecular flexibility index (Phi) is 3.86. The van der Waals surface area contributed by atoms with Gasteiger partial charge in [-0.2, -0.15) is 5.10 Å². The van der Waals surface area contributed by atoms with E-state index < -0.39 is 26.6 Å². The highest BCUT2D eigenvalue weighted by Crippen LogP contribution is 2.24. The SMILES string of the molecule is CCc1nn(C)cc1NS(=O)(=O)c1cc(N)cc(F)c1F. The standard InChI is InChI=1S/C12H14F2N4O2S/c1-3-9-10(6-18(2)16-9)17-21(19,20)11-5-7(15)4-8(13)12(11)14/h4-6,17H,3,15H2,1-2H3. The molecule has 0 fully saturated rings. The Balaban J connectivity index is 2.48. The van der Waals surface area contributed by atoms with Crippen molar-refractivity contribution in [2.24, 2.45) is 7.05 Å². The van der Waals surface area contributed by atoms with Gasteiger partial charge in [-0.3, -0.25) is 9.40 Å². The fraction of sp³-hybridized carbons (Fsp3) is 0.250. The zero-order chi connectivity index (χ0) is 15.8. The number of anilines is 2. The fourth-order valence-electron chi connectivity index (χ4n) is 1.86. The summed E-state index contributed by atoms with van der Waals surface area (Å²) in [4.78, 5) is -0.842. The summed E-state index contributed by atoms with van der Waals surface area (Å²) in [6.45, 7) is 1.79. The van der Waals surface area contributed by atoms with Crippen molar-refractivity contribution in [3.63, 3.8) is 0 Å². The monoisotopic (exact) mass is 316 g/mol. The van der Waals surface area contributed by atoms with Crippen LogP contribution in [0.1, 0.15) is 12.6 Å². The van der Waals surface area contributed by atoms with E-state index in [9.17, 15) is 17.2 Å². The lowest BCUT2D eigenvalue weighted by molar-refractivity contribution is 0.486. The molecule has 0 amide bonds. The molecule has 2 rings (SSSR count). The zero-order valence-corrected chi connectivity index (χ0v) is 12.2. The van der Waals surface area contributed by atoms with Gasteiger partial charge in [0.05, 0.1) is 11.4 Å². The van der Waals surface area contributed by atoms with Crippen LogP contribution in [0.15, 0.2) is 23.2 Å². The Morgan fingerprint density at radius 3 is 2.67 bits per heavy atom. The van der Waals surface area contributed by atoms with Crippen LogP contribution in [0.4, 0.5) is 20.2 Å². The summed E-state index contributed by atoms with van der Waals surface area (Å²) in [7, 11) is -2.68. The van der Waals surface area contributed by atoms with E-state index in [0.717, 1.165) is 12.1 Å². The van der Waals surface area contributed by atoms with E-state index in [4.69, 9.17) is 5.73 Å². The maximum absolute atomic E-state index is 13.7. The number of rotatable bonds is 4. The van der Waals surface area contributed by atoms with E-state index in [1.54, 1.807) is 14.0 Å². The number of aryl methyl sites for hydroxylation is 2. The van der Waals surface area contributed by atoms with Crippen molar-refractivity contribution in [2.45, 2.75) is 18.2 Å². The average molecular weight is 316 g/mol. The average Bonchev–Trinajstić information content (AvgIpc) is 2.72. The van der Waals surface area contributed by atoms with E-state index in [1.807, 2.05) is 0 Å². The molecule has 21 heavy (non-hydrogen) atoms. The Morgan fingerprint density at radius 1 is 1.38 bits per heavy atom.